The van der Waals surface area contributed by atoms with Gasteiger partial charge in [-0.1, -0.05) is 30.3 Å². The maximum atomic E-state index is 12.6. The molecule has 0 atom stereocenters. The minimum absolute atomic E-state index is 0.123. The van der Waals surface area contributed by atoms with Crippen molar-refractivity contribution >= 4 is 17.5 Å². The second-order valence-electron chi connectivity index (χ2n) is 6.21. The molecule has 7 nitrogen and oxygen atoms in total. The zero-order valence-corrected chi connectivity index (χ0v) is 15.2. The Hall–Kier alpha value is -3.45. The van der Waals surface area contributed by atoms with Gasteiger partial charge in [-0.25, -0.2) is 9.97 Å². The molecule has 1 N–H and O–H groups in total. The van der Waals surface area contributed by atoms with E-state index in [1.54, 1.807) is 17.2 Å². The third-order valence-electron chi connectivity index (χ3n) is 4.28. The number of benzene rings is 2. The van der Waals surface area contributed by atoms with Crippen LogP contribution in [-0.2, 0) is 4.74 Å². The number of morpholine rings is 1. The Balaban J connectivity index is 1.52. The summed E-state index contributed by atoms with van der Waals surface area (Å²) in [4.78, 5) is 23.0. The Morgan fingerprint density at radius 1 is 1.00 bits per heavy atom. The Kier molecular flexibility index (Phi) is 5.44. The van der Waals surface area contributed by atoms with Crippen molar-refractivity contribution in [2.24, 2.45) is 0 Å². The number of ether oxygens (including phenoxy) is 2. The largest absolute Gasteiger partial charge is 0.455 e. The minimum Gasteiger partial charge on any atom is -0.455 e. The fraction of sp³-hybridized carbons (Fsp3) is 0.190. The summed E-state index contributed by atoms with van der Waals surface area (Å²) < 4.78 is 11.2. The minimum atomic E-state index is -0.123. The molecule has 0 radical (unpaired) electrons. The fourth-order valence-electron chi connectivity index (χ4n) is 2.86. The molecule has 3 aromatic rings. The number of aromatic nitrogens is 2. The molecule has 1 saturated heterocycles. The van der Waals surface area contributed by atoms with Crippen LogP contribution in [0.4, 0.5) is 11.6 Å². The molecule has 1 amide bonds. The lowest BCUT2D eigenvalue weighted by molar-refractivity contribution is 0.0299. The maximum absolute atomic E-state index is 12.6. The average Bonchev–Trinajstić information content (AvgIpc) is 2.76. The molecule has 1 aromatic heterocycles. The van der Waals surface area contributed by atoms with Crippen molar-refractivity contribution in [1.82, 2.24) is 14.9 Å². The van der Waals surface area contributed by atoms with Crippen LogP contribution in [0.1, 0.15) is 10.5 Å². The van der Waals surface area contributed by atoms with Crippen molar-refractivity contribution in [2.45, 2.75) is 0 Å². The van der Waals surface area contributed by atoms with Gasteiger partial charge in [0.1, 0.15) is 11.4 Å². The second-order valence-corrected chi connectivity index (χ2v) is 6.21. The van der Waals surface area contributed by atoms with E-state index in [1.807, 2.05) is 54.6 Å². The van der Waals surface area contributed by atoms with Gasteiger partial charge in [0.15, 0.2) is 5.75 Å². The average molecular weight is 376 g/mol. The molecule has 28 heavy (non-hydrogen) atoms. The molecule has 2 aromatic carbocycles. The topological polar surface area (TPSA) is 76.6 Å². The highest BCUT2D eigenvalue weighted by Gasteiger charge is 2.20. The normalized spacial score (nSPS) is 13.8. The van der Waals surface area contributed by atoms with E-state index in [4.69, 9.17) is 9.47 Å². The van der Waals surface area contributed by atoms with Gasteiger partial charge in [-0.2, -0.15) is 0 Å². The quantitative estimate of drug-likeness (QED) is 0.735. The van der Waals surface area contributed by atoms with Crippen LogP contribution in [0.25, 0.3) is 0 Å². The molecule has 0 aliphatic carbocycles. The van der Waals surface area contributed by atoms with Crippen molar-refractivity contribution < 1.29 is 14.3 Å². The van der Waals surface area contributed by atoms with Gasteiger partial charge in [-0.3, -0.25) is 4.79 Å². The van der Waals surface area contributed by atoms with Crippen molar-refractivity contribution in [1.29, 1.82) is 0 Å². The highest BCUT2D eigenvalue weighted by molar-refractivity contribution is 5.92. The summed E-state index contributed by atoms with van der Waals surface area (Å²) in [5.74, 6) is 1.59. The molecule has 0 saturated carbocycles. The zero-order valence-electron chi connectivity index (χ0n) is 15.2. The SMILES string of the molecule is O=C(c1ccnc(Nc2ccccc2Oc2ccccc2)n1)N1CCOCC1. The number of carbonyl (C=O) groups is 1. The predicted molar refractivity (Wildman–Crippen MR) is 105 cm³/mol. The zero-order chi connectivity index (χ0) is 19.2. The molecule has 0 bridgehead atoms. The summed E-state index contributed by atoms with van der Waals surface area (Å²) in [5.41, 5.74) is 1.06. The first kappa shape index (κ1) is 17.9. The third kappa shape index (κ3) is 4.27. The standard InChI is InChI=1S/C21H20N4O3/c26-20(25-12-14-27-15-13-25)18-10-11-22-21(24-18)23-17-8-4-5-9-19(17)28-16-6-2-1-3-7-16/h1-11H,12-15H2,(H,22,23,24). The number of para-hydroxylation sites is 3. The summed E-state index contributed by atoms with van der Waals surface area (Å²) >= 11 is 0. The van der Waals surface area contributed by atoms with E-state index in [9.17, 15) is 4.79 Å². The van der Waals surface area contributed by atoms with Crippen LogP contribution in [-0.4, -0.2) is 47.1 Å². The molecule has 142 valence electrons. The first-order valence-corrected chi connectivity index (χ1v) is 9.08. The van der Waals surface area contributed by atoms with Crippen LogP contribution in [0.5, 0.6) is 11.5 Å². The lowest BCUT2D eigenvalue weighted by Gasteiger charge is -2.26. The van der Waals surface area contributed by atoms with Gasteiger partial charge in [0, 0.05) is 19.3 Å². The molecule has 2 heterocycles. The third-order valence-corrected chi connectivity index (χ3v) is 4.28. The highest BCUT2D eigenvalue weighted by atomic mass is 16.5. The summed E-state index contributed by atoms with van der Waals surface area (Å²) in [7, 11) is 0. The maximum Gasteiger partial charge on any atom is 0.272 e. The molecule has 1 fully saturated rings. The second kappa shape index (κ2) is 8.49. The number of carbonyl (C=O) groups excluding carboxylic acids is 1. The van der Waals surface area contributed by atoms with Crippen LogP contribution >= 0.6 is 0 Å². The molecule has 0 unspecified atom stereocenters. The number of nitrogens with zero attached hydrogens (tertiary/aromatic N) is 3. The first-order valence-electron chi connectivity index (χ1n) is 9.08. The Morgan fingerprint density at radius 2 is 1.75 bits per heavy atom. The molecule has 1 aliphatic heterocycles. The lowest BCUT2D eigenvalue weighted by atomic mass is 10.3. The van der Waals surface area contributed by atoms with Crippen LogP contribution in [0.15, 0.2) is 66.9 Å². The molecule has 4 rings (SSSR count). The monoisotopic (exact) mass is 376 g/mol. The van der Waals surface area contributed by atoms with Crippen molar-refractivity contribution in [3.8, 4) is 11.5 Å². The number of hydrogen-bond acceptors (Lipinski definition) is 6. The van der Waals surface area contributed by atoms with Crippen LogP contribution in [0.3, 0.4) is 0 Å². The van der Waals surface area contributed by atoms with Gasteiger partial charge in [0.2, 0.25) is 5.95 Å². The molecule has 0 spiro atoms. The van der Waals surface area contributed by atoms with E-state index < -0.39 is 0 Å². The Morgan fingerprint density at radius 3 is 2.57 bits per heavy atom. The summed E-state index contributed by atoms with van der Waals surface area (Å²) in [5, 5.41) is 3.15. The molecule has 7 heteroatoms. The van der Waals surface area contributed by atoms with Gasteiger partial charge in [0.05, 0.1) is 18.9 Å². The summed E-state index contributed by atoms with van der Waals surface area (Å²) in [6, 6.07) is 18.7. The molecule has 1 aliphatic rings. The van der Waals surface area contributed by atoms with E-state index >= 15 is 0 Å². The van der Waals surface area contributed by atoms with Crippen molar-refractivity contribution in [3.05, 3.63) is 72.6 Å². The Bertz CT molecular complexity index is 943. The van der Waals surface area contributed by atoms with E-state index in [1.165, 1.54) is 0 Å². The number of amides is 1. The van der Waals surface area contributed by atoms with Crippen molar-refractivity contribution in [3.63, 3.8) is 0 Å². The Labute approximate surface area is 163 Å². The number of rotatable bonds is 5. The van der Waals surface area contributed by atoms with Gasteiger partial charge in [-0.05, 0) is 30.3 Å². The number of anilines is 2. The predicted octanol–water partition coefficient (Wildman–Crippen LogP) is 3.48. The summed E-state index contributed by atoms with van der Waals surface area (Å²) in [6.45, 7) is 2.23. The number of hydrogen-bond donors (Lipinski definition) is 1. The molecular weight excluding hydrogens is 356 g/mol. The van der Waals surface area contributed by atoms with E-state index in [2.05, 4.69) is 15.3 Å². The van der Waals surface area contributed by atoms with E-state index in [0.717, 1.165) is 5.75 Å². The van der Waals surface area contributed by atoms with Crippen LogP contribution in [0.2, 0.25) is 0 Å². The lowest BCUT2D eigenvalue weighted by Crippen LogP contribution is -2.41. The number of nitrogens with one attached hydrogen (secondary N) is 1. The smallest absolute Gasteiger partial charge is 0.272 e. The van der Waals surface area contributed by atoms with Gasteiger partial charge in [-0.15, -0.1) is 0 Å². The first-order chi connectivity index (χ1) is 13.8. The van der Waals surface area contributed by atoms with E-state index in [0.29, 0.717) is 49.4 Å². The molecular formula is C21H20N4O3. The van der Waals surface area contributed by atoms with Gasteiger partial charge in [0.25, 0.3) is 5.91 Å². The van der Waals surface area contributed by atoms with Gasteiger partial charge >= 0.3 is 0 Å². The van der Waals surface area contributed by atoms with Crippen LogP contribution in [0, 0.1) is 0 Å². The van der Waals surface area contributed by atoms with Crippen molar-refractivity contribution in [2.75, 3.05) is 31.6 Å². The summed E-state index contributed by atoms with van der Waals surface area (Å²) in [6.07, 6.45) is 1.57. The van der Waals surface area contributed by atoms with Gasteiger partial charge < -0.3 is 19.7 Å². The highest BCUT2D eigenvalue weighted by Crippen LogP contribution is 2.30. The van der Waals surface area contributed by atoms with E-state index in [-0.39, 0.29) is 5.91 Å². The van der Waals surface area contributed by atoms with Crippen LogP contribution < -0.4 is 10.1 Å². The fourth-order valence-corrected chi connectivity index (χ4v) is 2.86.